The molecule has 1 N–H and O–H groups in total. The van der Waals surface area contributed by atoms with Gasteiger partial charge in [0.2, 0.25) is 0 Å². The van der Waals surface area contributed by atoms with Crippen molar-refractivity contribution in [2.24, 2.45) is 5.92 Å². The van der Waals surface area contributed by atoms with Crippen LogP contribution in [0.2, 0.25) is 0 Å². The molecule has 0 aromatic carbocycles. The summed E-state index contributed by atoms with van der Waals surface area (Å²) in [6.07, 6.45) is 7.34. The zero-order valence-electron chi connectivity index (χ0n) is 11.9. The molecular formula is C15H17N5O. The van der Waals surface area contributed by atoms with Gasteiger partial charge in [0.15, 0.2) is 5.65 Å². The largest absolute Gasteiger partial charge is 0.467 e. The summed E-state index contributed by atoms with van der Waals surface area (Å²) >= 11 is 0. The molecule has 1 aliphatic rings. The molecule has 6 nitrogen and oxygen atoms in total. The van der Waals surface area contributed by atoms with Crippen molar-refractivity contribution in [1.82, 2.24) is 20.2 Å². The summed E-state index contributed by atoms with van der Waals surface area (Å²) in [6, 6.07) is 4.21. The number of anilines is 1. The first-order valence-electron chi connectivity index (χ1n) is 7.27. The summed E-state index contributed by atoms with van der Waals surface area (Å²) in [6.45, 7) is 3.25. The number of nitrogens with one attached hydrogen (secondary N) is 1. The maximum atomic E-state index is 5.66. The van der Waals surface area contributed by atoms with Gasteiger partial charge < -0.3 is 9.32 Å². The number of nitrogens with zero attached hydrogens (tertiary/aromatic N) is 4. The van der Waals surface area contributed by atoms with Gasteiger partial charge in [0.1, 0.15) is 17.9 Å². The number of fused-ring (bicyclic) bond motifs is 1. The van der Waals surface area contributed by atoms with Crippen molar-refractivity contribution in [3.63, 3.8) is 0 Å². The van der Waals surface area contributed by atoms with Crippen LogP contribution < -0.4 is 4.90 Å². The molecule has 0 amide bonds. The highest BCUT2D eigenvalue weighted by molar-refractivity contribution is 5.86. The molecule has 3 aromatic rings. The molecule has 1 saturated heterocycles. The van der Waals surface area contributed by atoms with Crippen LogP contribution in [0.1, 0.15) is 31.6 Å². The fourth-order valence-electron chi connectivity index (χ4n) is 3.13. The van der Waals surface area contributed by atoms with Gasteiger partial charge in [-0.1, -0.05) is 6.92 Å². The molecule has 2 unspecified atom stereocenters. The molecule has 6 heteroatoms. The lowest BCUT2D eigenvalue weighted by Crippen LogP contribution is -2.36. The Bertz CT molecular complexity index is 735. The predicted octanol–water partition coefficient (Wildman–Crippen LogP) is 2.92. The number of hydrogen-bond donors (Lipinski definition) is 1. The van der Waals surface area contributed by atoms with Gasteiger partial charge in [-0.05, 0) is 30.9 Å². The molecule has 108 valence electrons. The van der Waals surface area contributed by atoms with Crippen molar-refractivity contribution >= 4 is 16.9 Å². The van der Waals surface area contributed by atoms with Crippen molar-refractivity contribution in [3.05, 3.63) is 36.7 Å². The summed E-state index contributed by atoms with van der Waals surface area (Å²) in [5, 5.41) is 7.95. The van der Waals surface area contributed by atoms with Crippen LogP contribution in [0.3, 0.4) is 0 Å². The van der Waals surface area contributed by atoms with Crippen LogP contribution in [0.15, 0.2) is 35.3 Å². The van der Waals surface area contributed by atoms with E-state index < -0.39 is 0 Å². The molecule has 4 heterocycles. The lowest BCUT2D eigenvalue weighted by Gasteiger charge is -2.38. The molecule has 2 atom stereocenters. The maximum absolute atomic E-state index is 5.66. The van der Waals surface area contributed by atoms with E-state index in [2.05, 4.69) is 32.0 Å². The zero-order chi connectivity index (χ0) is 14.2. The van der Waals surface area contributed by atoms with Gasteiger partial charge in [-0.15, -0.1) is 0 Å². The molecule has 1 aliphatic heterocycles. The van der Waals surface area contributed by atoms with Gasteiger partial charge in [0.05, 0.1) is 23.9 Å². The smallest absolute Gasteiger partial charge is 0.160 e. The number of aromatic amines is 1. The van der Waals surface area contributed by atoms with Crippen molar-refractivity contribution < 1.29 is 4.42 Å². The normalized spacial score (nSPS) is 22.8. The SMILES string of the molecule is CC1CCN(c2ncnc3[nH]ncc23)C(c2ccco2)C1. The summed E-state index contributed by atoms with van der Waals surface area (Å²) < 4.78 is 5.66. The molecule has 21 heavy (non-hydrogen) atoms. The molecule has 4 rings (SSSR count). The molecular weight excluding hydrogens is 266 g/mol. The van der Waals surface area contributed by atoms with Gasteiger partial charge in [0, 0.05) is 6.54 Å². The Kier molecular flexibility index (Phi) is 2.87. The van der Waals surface area contributed by atoms with Crippen molar-refractivity contribution in [1.29, 1.82) is 0 Å². The number of aromatic nitrogens is 4. The van der Waals surface area contributed by atoms with Gasteiger partial charge in [0.25, 0.3) is 0 Å². The predicted molar refractivity (Wildman–Crippen MR) is 78.9 cm³/mol. The fraction of sp³-hybridized carbons (Fsp3) is 0.400. The Morgan fingerprint density at radius 3 is 3.19 bits per heavy atom. The minimum Gasteiger partial charge on any atom is -0.467 e. The third-order valence-electron chi connectivity index (χ3n) is 4.24. The third-order valence-corrected chi connectivity index (χ3v) is 4.24. The minimum absolute atomic E-state index is 0.219. The van der Waals surface area contributed by atoms with E-state index >= 15 is 0 Å². The third kappa shape index (κ3) is 2.07. The standard InChI is InChI=1S/C15H17N5O/c1-10-4-5-20(12(7-10)13-3-2-6-21-13)15-11-8-18-19-14(11)16-9-17-15/h2-3,6,8-10,12H,4-5,7H2,1H3,(H,16,17,18,19). The summed E-state index contributed by atoms with van der Waals surface area (Å²) in [4.78, 5) is 11.0. The van der Waals surface area contributed by atoms with Gasteiger partial charge in [-0.25, -0.2) is 9.97 Å². The number of piperidine rings is 1. The molecule has 0 radical (unpaired) electrons. The average molecular weight is 283 g/mol. The second-order valence-electron chi connectivity index (χ2n) is 5.68. The Morgan fingerprint density at radius 2 is 2.33 bits per heavy atom. The Morgan fingerprint density at radius 1 is 1.38 bits per heavy atom. The van der Waals surface area contributed by atoms with Crippen LogP contribution in [-0.2, 0) is 0 Å². The van der Waals surface area contributed by atoms with Gasteiger partial charge >= 0.3 is 0 Å². The van der Waals surface area contributed by atoms with Crippen LogP contribution in [-0.4, -0.2) is 26.7 Å². The molecule has 0 spiro atoms. The second-order valence-corrected chi connectivity index (χ2v) is 5.68. The highest BCUT2D eigenvalue weighted by atomic mass is 16.3. The van der Waals surface area contributed by atoms with Crippen molar-refractivity contribution in [2.45, 2.75) is 25.8 Å². The molecule has 0 saturated carbocycles. The van der Waals surface area contributed by atoms with E-state index in [0.717, 1.165) is 42.0 Å². The van der Waals surface area contributed by atoms with Crippen LogP contribution in [0.25, 0.3) is 11.0 Å². The molecule has 0 aliphatic carbocycles. The maximum Gasteiger partial charge on any atom is 0.160 e. The highest BCUT2D eigenvalue weighted by Crippen LogP contribution is 2.38. The summed E-state index contributed by atoms with van der Waals surface area (Å²) in [5.74, 6) is 2.61. The highest BCUT2D eigenvalue weighted by Gasteiger charge is 2.31. The Hall–Kier alpha value is -2.37. The van der Waals surface area contributed by atoms with Crippen LogP contribution >= 0.6 is 0 Å². The lowest BCUT2D eigenvalue weighted by atomic mass is 9.91. The van der Waals surface area contributed by atoms with E-state index in [1.165, 1.54) is 0 Å². The van der Waals surface area contributed by atoms with Crippen LogP contribution in [0.4, 0.5) is 5.82 Å². The average Bonchev–Trinajstić information content (AvgIpc) is 3.18. The number of H-pyrrole nitrogens is 1. The van der Waals surface area contributed by atoms with E-state index in [1.54, 1.807) is 18.8 Å². The zero-order valence-corrected chi connectivity index (χ0v) is 11.9. The minimum atomic E-state index is 0.219. The molecule has 1 fully saturated rings. The second kappa shape index (κ2) is 4.87. The van der Waals surface area contributed by atoms with Crippen molar-refractivity contribution in [2.75, 3.05) is 11.4 Å². The van der Waals surface area contributed by atoms with Crippen LogP contribution in [0, 0.1) is 5.92 Å². The fourth-order valence-corrected chi connectivity index (χ4v) is 3.13. The first kappa shape index (κ1) is 12.4. The van der Waals surface area contributed by atoms with E-state index in [0.29, 0.717) is 5.92 Å². The summed E-state index contributed by atoms with van der Waals surface area (Å²) in [7, 11) is 0. The summed E-state index contributed by atoms with van der Waals surface area (Å²) in [5.41, 5.74) is 0.775. The van der Waals surface area contributed by atoms with E-state index in [9.17, 15) is 0 Å². The quantitative estimate of drug-likeness (QED) is 0.783. The van der Waals surface area contributed by atoms with E-state index in [-0.39, 0.29) is 6.04 Å². The number of hydrogen-bond acceptors (Lipinski definition) is 5. The first-order chi connectivity index (χ1) is 10.3. The van der Waals surface area contributed by atoms with Gasteiger partial charge in [-0.2, -0.15) is 5.10 Å². The molecule has 0 bridgehead atoms. The Labute approximate surface area is 122 Å². The number of rotatable bonds is 2. The Balaban J connectivity index is 1.79. The molecule has 3 aromatic heterocycles. The topological polar surface area (TPSA) is 70.8 Å². The number of furan rings is 1. The van der Waals surface area contributed by atoms with Crippen molar-refractivity contribution in [3.8, 4) is 0 Å². The monoisotopic (exact) mass is 283 g/mol. The first-order valence-corrected chi connectivity index (χ1v) is 7.27. The van der Waals surface area contributed by atoms with Crippen LogP contribution in [0.5, 0.6) is 0 Å². The lowest BCUT2D eigenvalue weighted by molar-refractivity contribution is 0.327. The van der Waals surface area contributed by atoms with E-state index in [4.69, 9.17) is 4.42 Å². The van der Waals surface area contributed by atoms with E-state index in [1.807, 2.05) is 12.1 Å². The van der Waals surface area contributed by atoms with Gasteiger partial charge in [-0.3, -0.25) is 5.10 Å².